The average Bonchev–Trinajstić information content (AvgIpc) is 3.55. The van der Waals surface area contributed by atoms with Gasteiger partial charge in [-0.15, -0.1) is 0 Å². The molecule has 34 heavy (non-hydrogen) atoms. The van der Waals surface area contributed by atoms with E-state index in [1.54, 1.807) is 12.4 Å². The van der Waals surface area contributed by atoms with Crippen molar-refractivity contribution in [1.82, 2.24) is 20.3 Å². The molecular formula is C24H27N7O3. The van der Waals surface area contributed by atoms with Crippen molar-refractivity contribution in [2.75, 3.05) is 16.8 Å². The molecule has 4 aliphatic rings. The summed E-state index contributed by atoms with van der Waals surface area (Å²) in [6.07, 6.45) is 10.1. The number of carbonyl (C=O) groups excluding carboxylic acids is 1. The fraction of sp³-hybridized carbons (Fsp3) is 0.500. The van der Waals surface area contributed by atoms with Gasteiger partial charge in [-0.1, -0.05) is 12.8 Å². The number of aliphatic imine (C=N–C) groups is 1. The Bertz CT molecular complexity index is 1160. The van der Waals surface area contributed by atoms with Crippen LogP contribution in [0.1, 0.15) is 56.6 Å². The minimum atomic E-state index is -0.992. The second kappa shape index (κ2) is 8.43. The van der Waals surface area contributed by atoms with Gasteiger partial charge in [0.2, 0.25) is 11.9 Å². The molecule has 3 atom stereocenters. The molecule has 3 N–H and O–H groups in total. The summed E-state index contributed by atoms with van der Waals surface area (Å²) in [4.78, 5) is 44.1. The maximum Gasteiger partial charge on any atom is 0.350 e. The highest BCUT2D eigenvalue weighted by Gasteiger charge is 2.40. The fourth-order valence-corrected chi connectivity index (χ4v) is 5.84. The quantitative estimate of drug-likeness (QED) is 0.619. The van der Waals surface area contributed by atoms with Crippen LogP contribution in [0, 0.1) is 5.92 Å². The van der Waals surface area contributed by atoms with Crippen molar-refractivity contribution in [2.45, 2.75) is 62.9 Å². The van der Waals surface area contributed by atoms with Crippen LogP contribution in [0.3, 0.4) is 0 Å². The van der Waals surface area contributed by atoms with Gasteiger partial charge in [-0.05, 0) is 43.7 Å². The van der Waals surface area contributed by atoms with E-state index in [1.807, 2.05) is 17.0 Å². The monoisotopic (exact) mass is 461 g/mol. The zero-order chi connectivity index (χ0) is 23.2. The van der Waals surface area contributed by atoms with Crippen molar-refractivity contribution in [3.8, 4) is 0 Å². The van der Waals surface area contributed by atoms with Gasteiger partial charge in [0.1, 0.15) is 17.2 Å². The van der Waals surface area contributed by atoms with E-state index in [0.29, 0.717) is 42.2 Å². The number of nitrogens with zero attached hydrogens (tertiary/aromatic N) is 5. The van der Waals surface area contributed by atoms with Crippen molar-refractivity contribution in [3.63, 3.8) is 0 Å². The molecule has 0 spiro atoms. The van der Waals surface area contributed by atoms with Gasteiger partial charge in [0.25, 0.3) is 0 Å². The largest absolute Gasteiger partial charge is 0.477 e. The highest BCUT2D eigenvalue weighted by atomic mass is 16.4. The summed E-state index contributed by atoms with van der Waals surface area (Å²) < 4.78 is 0. The Balaban J connectivity index is 1.20. The van der Waals surface area contributed by atoms with Gasteiger partial charge in [-0.3, -0.25) is 4.79 Å². The van der Waals surface area contributed by atoms with Gasteiger partial charge in [0.05, 0.1) is 29.7 Å². The van der Waals surface area contributed by atoms with Crippen molar-refractivity contribution < 1.29 is 14.7 Å². The van der Waals surface area contributed by atoms with E-state index in [9.17, 15) is 14.7 Å². The van der Waals surface area contributed by atoms with Gasteiger partial charge < -0.3 is 20.6 Å². The van der Waals surface area contributed by atoms with Crippen LogP contribution in [-0.2, 0) is 9.59 Å². The highest BCUT2D eigenvalue weighted by molar-refractivity contribution is 6.39. The number of anilines is 3. The Morgan fingerprint density at radius 1 is 1.09 bits per heavy atom. The van der Waals surface area contributed by atoms with Crippen LogP contribution in [0.5, 0.6) is 0 Å². The third-order valence-corrected chi connectivity index (χ3v) is 7.48. The maximum absolute atomic E-state index is 12.7. The zero-order valence-corrected chi connectivity index (χ0v) is 18.8. The summed E-state index contributed by atoms with van der Waals surface area (Å²) in [6, 6.07) is 4.31. The molecular weight excluding hydrogens is 434 g/mol. The van der Waals surface area contributed by atoms with E-state index in [0.717, 1.165) is 44.2 Å². The molecule has 1 saturated carbocycles. The average molecular weight is 462 g/mol. The van der Waals surface area contributed by atoms with Crippen molar-refractivity contribution in [1.29, 1.82) is 0 Å². The van der Waals surface area contributed by atoms with Gasteiger partial charge in [-0.2, -0.15) is 0 Å². The standard InChI is InChI=1S/C24H27N7O3/c32-19-9-14-5-6-15(27-14)12-31(19)16-7-8-18(25-10-16)29-24-26-11-17-21(30-24)20(13-3-1-2-4-13)22(28-17)23(33)34/h7-8,10-11,13-15,20,27H,1-6,9,12H2,(H,33,34)(H,25,26,29,30). The Morgan fingerprint density at radius 3 is 2.68 bits per heavy atom. The summed E-state index contributed by atoms with van der Waals surface area (Å²) in [6.45, 7) is 0.659. The number of fused-ring (bicyclic) bond motifs is 3. The summed E-state index contributed by atoms with van der Waals surface area (Å²) in [7, 11) is 0. The fourth-order valence-electron chi connectivity index (χ4n) is 5.84. The van der Waals surface area contributed by atoms with E-state index in [4.69, 9.17) is 0 Å². The lowest BCUT2D eigenvalue weighted by atomic mass is 9.85. The van der Waals surface area contributed by atoms with Crippen LogP contribution >= 0.6 is 0 Å². The molecule has 2 bridgehead atoms. The van der Waals surface area contributed by atoms with E-state index in [-0.39, 0.29) is 29.5 Å². The lowest BCUT2D eigenvalue weighted by molar-refractivity contribution is -0.129. The van der Waals surface area contributed by atoms with Gasteiger partial charge in [0, 0.05) is 25.0 Å². The number of hydrogen-bond donors (Lipinski definition) is 3. The van der Waals surface area contributed by atoms with Crippen molar-refractivity contribution >= 4 is 40.7 Å². The molecule has 1 amide bonds. The highest BCUT2D eigenvalue weighted by Crippen LogP contribution is 2.45. The predicted molar refractivity (Wildman–Crippen MR) is 126 cm³/mol. The second-order valence-corrected chi connectivity index (χ2v) is 9.66. The normalized spacial score (nSPS) is 26.4. The SMILES string of the molecule is O=C(O)C1=Nc2cnc(Nc3ccc(N4CC5CCC(CC4=O)N5)cn3)nc2C1C1CCCC1. The number of aromatic nitrogens is 3. The van der Waals surface area contributed by atoms with E-state index in [2.05, 4.69) is 30.6 Å². The molecule has 0 aromatic carbocycles. The van der Waals surface area contributed by atoms with Gasteiger partial charge >= 0.3 is 5.97 Å². The first-order valence-corrected chi connectivity index (χ1v) is 12.0. The van der Waals surface area contributed by atoms with Crippen LogP contribution in [0.25, 0.3) is 0 Å². The Morgan fingerprint density at radius 2 is 1.91 bits per heavy atom. The van der Waals surface area contributed by atoms with Crippen LogP contribution in [0.4, 0.5) is 23.1 Å². The van der Waals surface area contributed by atoms with Crippen molar-refractivity contribution in [2.24, 2.45) is 10.9 Å². The molecule has 2 aromatic heterocycles. The zero-order valence-electron chi connectivity index (χ0n) is 18.8. The number of hydrogen-bond acceptors (Lipinski definition) is 8. The minimum Gasteiger partial charge on any atom is -0.477 e. The number of amides is 1. The lowest BCUT2D eigenvalue weighted by Gasteiger charge is -2.24. The van der Waals surface area contributed by atoms with E-state index >= 15 is 0 Å². The molecule has 2 aromatic rings. The van der Waals surface area contributed by atoms with Gasteiger partial charge in [-0.25, -0.2) is 24.7 Å². The number of carbonyl (C=O) groups is 2. The molecule has 3 aliphatic heterocycles. The Labute approximate surface area is 196 Å². The minimum absolute atomic E-state index is 0.122. The first-order valence-electron chi connectivity index (χ1n) is 12.0. The number of pyridine rings is 1. The number of carboxylic acid groups (broad SMARTS) is 1. The Kier molecular flexibility index (Phi) is 5.24. The summed E-state index contributed by atoms with van der Waals surface area (Å²) in [5.41, 5.74) is 2.16. The van der Waals surface area contributed by atoms with E-state index in [1.165, 1.54) is 0 Å². The van der Waals surface area contributed by atoms with Crippen LogP contribution in [0.2, 0.25) is 0 Å². The van der Waals surface area contributed by atoms with Crippen LogP contribution in [0.15, 0.2) is 29.5 Å². The molecule has 0 radical (unpaired) electrons. The second-order valence-electron chi connectivity index (χ2n) is 9.66. The number of aliphatic carboxylic acids is 1. The van der Waals surface area contributed by atoms with Gasteiger partial charge in [0.15, 0.2) is 0 Å². The molecule has 6 rings (SSSR count). The molecule has 5 heterocycles. The first kappa shape index (κ1) is 21.2. The molecule has 176 valence electrons. The summed E-state index contributed by atoms with van der Waals surface area (Å²) >= 11 is 0. The smallest absolute Gasteiger partial charge is 0.350 e. The predicted octanol–water partition coefficient (Wildman–Crippen LogP) is 2.92. The maximum atomic E-state index is 12.7. The topological polar surface area (TPSA) is 133 Å². The molecule has 2 saturated heterocycles. The molecule has 3 unspecified atom stereocenters. The van der Waals surface area contributed by atoms with E-state index < -0.39 is 5.97 Å². The van der Waals surface area contributed by atoms with Crippen LogP contribution < -0.4 is 15.5 Å². The summed E-state index contributed by atoms with van der Waals surface area (Å²) in [5, 5.41) is 16.3. The van der Waals surface area contributed by atoms with Crippen LogP contribution in [-0.4, -0.2) is 56.3 Å². The molecule has 3 fully saturated rings. The number of carboxylic acids is 1. The Hall–Kier alpha value is -3.40. The molecule has 10 heteroatoms. The molecule has 10 nitrogen and oxygen atoms in total. The lowest BCUT2D eigenvalue weighted by Crippen LogP contribution is -2.37. The summed E-state index contributed by atoms with van der Waals surface area (Å²) in [5.74, 6) is -0.0137. The number of nitrogens with one attached hydrogen (secondary N) is 2. The third kappa shape index (κ3) is 3.81. The number of rotatable bonds is 5. The van der Waals surface area contributed by atoms with Crippen molar-refractivity contribution in [3.05, 3.63) is 30.2 Å². The third-order valence-electron chi connectivity index (χ3n) is 7.48. The molecule has 1 aliphatic carbocycles. The first-order chi connectivity index (χ1) is 16.5.